The molecule has 0 fully saturated rings. The van der Waals surface area contributed by atoms with Crippen molar-refractivity contribution in [1.82, 2.24) is 5.32 Å². The van der Waals surface area contributed by atoms with Gasteiger partial charge in [-0.05, 0) is 44.9 Å². The summed E-state index contributed by atoms with van der Waals surface area (Å²) in [6.07, 6.45) is -13.8. The summed E-state index contributed by atoms with van der Waals surface area (Å²) in [7, 11) is 0. The molecular weight excluding hydrogens is 368 g/mol. The number of amides is 1. The second-order valence-electron chi connectivity index (χ2n) is 6.66. The molecule has 0 bridgehead atoms. The summed E-state index contributed by atoms with van der Waals surface area (Å²) >= 11 is 0. The van der Waals surface area contributed by atoms with Crippen LogP contribution in [-0.2, 0) is 5.41 Å². The largest absolute Gasteiger partial charge is 0.413 e. The molecule has 0 saturated carbocycles. The predicted octanol–water partition coefficient (Wildman–Crippen LogP) is 4.32. The third kappa shape index (κ3) is 4.80. The van der Waals surface area contributed by atoms with E-state index < -0.39 is 48.0 Å². The fourth-order valence-corrected chi connectivity index (χ4v) is 2.33. The minimum Gasteiger partial charge on any atom is -0.410 e. The second kappa shape index (κ2) is 7.34. The molecule has 4 nitrogen and oxygen atoms in total. The van der Waals surface area contributed by atoms with Crippen LogP contribution in [0.4, 0.5) is 31.1 Å². The molecule has 0 radical (unpaired) electrons. The SMILES string of the molecule is CC(C)(C)NC(=O)Oc1ccc(C(CCO)(C(F)(F)F)C(F)(F)F)cc1. The Morgan fingerprint density at radius 1 is 1.00 bits per heavy atom. The van der Waals surface area contributed by atoms with Crippen LogP contribution in [0.2, 0.25) is 0 Å². The van der Waals surface area contributed by atoms with Gasteiger partial charge >= 0.3 is 18.4 Å². The summed E-state index contributed by atoms with van der Waals surface area (Å²) in [6.45, 7) is 3.67. The number of carbonyl (C=O) groups excluding carboxylic acids is 1. The molecule has 0 aliphatic rings. The summed E-state index contributed by atoms with van der Waals surface area (Å²) in [5.74, 6) is -0.224. The van der Waals surface area contributed by atoms with E-state index in [1.165, 1.54) is 0 Å². The lowest BCUT2D eigenvalue weighted by Gasteiger charge is -2.37. The average Bonchev–Trinajstić information content (AvgIpc) is 2.41. The normalized spacial score (nSPS) is 13.5. The maximum atomic E-state index is 13.3. The summed E-state index contributed by atoms with van der Waals surface area (Å²) in [6, 6.07) is 2.83. The Hall–Kier alpha value is -1.97. The number of hydrogen-bond acceptors (Lipinski definition) is 3. The van der Waals surface area contributed by atoms with Crippen molar-refractivity contribution in [2.45, 2.75) is 50.5 Å². The van der Waals surface area contributed by atoms with Crippen LogP contribution in [0.3, 0.4) is 0 Å². The number of aliphatic hydroxyl groups excluding tert-OH is 1. The van der Waals surface area contributed by atoms with Crippen LogP contribution in [0.1, 0.15) is 32.8 Å². The van der Waals surface area contributed by atoms with Gasteiger partial charge in [0.2, 0.25) is 0 Å². The maximum Gasteiger partial charge on any atom is 0.413 e. The Labute approximate surface area is 146 Å². The van der Waals surface area contributed by atoms with Crippen molar-refractivity contribution in [2.75, 3.05) is 6.61 Å². The van der Waals surface area contributed by atoms with Crippen molar-refractivity contribution in [3.05, 3.63) is 29.8 Å². The molecular formula is C16H19F6NO3. The first-order valence-electron chi connectivity index (χ1n) is 7.49. The highest BCUT2D eigenvalue weighted by molar-refractivity contribution is 5.71. The van der Waals surface area contributed by atoms with Crippen molar-refractivity contribution < 1.29 is 41.0 Å². The van der Waals surface area contributed by atoms with Crippen molar-refractivity contribution in [3.63, 3.8) is 0 Å². The third-order valence-corrected chi connectivity index (χ3v) is 3.49. The van der Waals surface area contributed by atoms with E-state index in [0.29, 0.717) is 12.1 Å². The van der Waals surface area contributed by atoms with E-state index in [-0.39, 0.29) is 5.75 Å². The Morgan fingerprint density at radius 2 is 1.46 bits per heavy atom. The van der Waals surface area contributed by atoms with Crippen molar-refractivity contribution in [2.24, 2.45) is 0 Å². The van der Waals surface area contributed by atoms with Crippen LogP contribution in [0, 0.1) is 0 Å². The smallest absolute Gasteiger partial charge is 0.410 e. The molecule has 0 aliphatic carbocycles. The Balaban J connectivity index is 3.22. The van der Waals surface area contributed by atoms with Crippen LogP contribution >= 0.6 is 0 Å². The molecule has 0 aromatic heterocycles. The van der Waals surface area contributed by atoms with Gasteiger partial charge in [0.05, 0.1) is 0 Å². The quantitative estimate of drug-likeness (QED) is 0.757. The molecule has 0 spiro atoms. The summed E-state index contributed by atoms with van der Waals surface area (Å²) in [5, 5.41) is 11.2. The Bertz CT molecular complexity index is 603. The summed E-state index contributed by atoms with van der Waals surface area (Å²) in [5.41, 5.74) is -5.96. The first-order valence-corrected chi connectivity index (χ1v) is 7.49. The van der Waals surface area contributed by atoms with Gasteiger partial charge in [0, 0.05) is 12.1 Å². The highest BCUT2D eigenvalue weighted by Crippen LogP contribution is 2.54. The number of aliphatic hydroxyl groups is 1. The molecule has 26 heavy (non-hydrogen) atoms. The zero-order valence-electron chi connectivity index (χ0n) is 14.3. The van der Waals surface area contributed by atoms with Gasteiger partial charge in [-0.15, -0.1) is 0 Å². The highest BCUT2D eigenvalue weighted by atomic mass is 19.4. The zero-order valence-corrected chi connectivity index (χ0v) is 14.3. The Morgan fingerprint density at radius 3 is 1.81 bits per heavy atom. The van der Waals surface area contributed by atoms with E-state index >= 15 is 0 Å². The van der Waals surface area contributed by atoms with Crippen LogP contribution < -0.4 is 10.1 Å². The minimum absolute atomic E-state index is 0.224. The standard InChI is InChI=1S/C16H19F6NO3/c1-13(2,3)23-12(25)26-11-6-4-10(5-7-11)14(8-9-24,15(17,18)19)16(20,21)22/h4-7,24H,8-9H2,1-3H3,(H,23,25). The molecule has 0 heterocycles. The number of ether oxygens (including phenoxy) is 1. The van der Waals surface area contributed by atoms with Gasteiger partial charge in [0.25, 0.3) is 0 Å². The van der Waals surface area contributed by atoms with Crippen LogP contribution in [0.15, 0.2) is 24.3 Å². The lowest BCUT2D eigenvalue weighted by molar-refractivity contribution is -0.306. The number of nitrogens with one attached hydrogen (secondary N) is 1. The molecule has 2 N–H and O–H groups in total. The topological polar surface area (TPSA) is 58.6 Å². The number of hydrogen-bond donors (Lipinski definition) is 2. The first-order chi connectivity index (χ1) is 11.6. The number of alkyl halides is 6. The van der Waals surface area contributed by atoms with Crippen molar-refractivity contribution in [3.8, 4) is 5.75 Å². The third-order valence-electron chi connectivity index (χ3n) is 3.49. The second-order valence-corrected chi connectivity index (χ2v) is 6.66. The minimum atomic E-state index is -5.68. The molecule has 1 aromatic carbocycles. The lowest BCUT2D eigenvalue weighted by atomic mass is 9.76. The van der Waals surface area contributed by atoms with E-state index in [9.17, 15) is 31.1 Å². The molecule has 148 valence electrons. The molecule has 0 unspecified atom stereocenters. The zero-order chi connectivity index (χ0) is 20.4. The number of rotatable bonds is 4. The molecule has 1 rings (SSSR count). The van der Waals surface area contributed by atoms with Crippen LogP contribution in [0.5, 0.6) is 5.75 Å². The van der Waals surface area contributed by atoms with Crippen molar-refractivity contribution >= 4 is 6.09 Å². The summed E-state index contributed by atoms with van der Waals surface area (Å²) in [4.78, 5) is 11.6. The molecule has 1 aromatic rings. The monoisotopic (exact) mass is 387 g/mol. The average molecular weight is 387 g/mol. The van der Waals surface area contributed by atoms with E-state index in [0.717, 1.165) is 12.1 Å². The molecule has 0 aliphatic heterocycles. The number of carbonyl (C=O) groups is 1. The van der Waals surface area contributed by atoms with Gasteiger partial charge in [-0.1, -0.05) is 12.1 Å². The lowest BCUT2D eigenvalue weighted by Crippen LogP contribution is -2.54. The number of halogens is 6. The van der Waals surface area contributed by atoms with Gasteiger partial charge in [-0.25, -0.2) is 4.79 Å². The highest BCUT2D eigenvalue weighted by Gasteiger charge is 2.70. The van der Waals surface area contributed by atoms with Crippen LogP contribution in [0.25, 0.3) is 0 Å². The molecule has 0 atom stereocenters. The van der Waals surface area contributed by atoms with Gasteiger partial charge in [-0.2, -0.15) is 26.3 Å². The van der Waals surface area contributed by atoms with E-state index in [2.05, 4.69) is 5.32 Å². The number of benzene rings is 1. The molecule has 1 amide bonds. The predicted molar refractivity (Wildman–Crippen MR) is 80.8 cm³/mol. The van der Waals surface area contributed by atoms with Gasteiger partial charge in [0.1, 0.15) is 5.75 Å². The van der Waals surface area contributed by atoms with Crippen molar-refractivity contribution in [1.29, 1.82) is 0 Å². The first kappa shape index (κ1) is 22.1. The van der Waals surface area contributed by atoms with E-state index in [1.807, 2.05) is 0 Å². The van der Waals surface area contributed by atoms with Gasteiger partial charge in [0.15, 0.2) is 5.41 Å². The van der Waals surface area contributed by atoms with E-state index in [1.54, 1.807) is 20.8 Å². The van der Waals surface area contributed by atoms with E-state index in [4.69, 9.17) is 9.84 Å². The summed E-state index contributed by atoms with van der Waals surface area (Å²) < 4.78 is 84.7. The fourth-order valence-electron chi connectivity index (χ4n) is 2.33. The van der Waals surface area contributed by atoms with Crippen LogP contribution in [-0.4, -0.2) is 35.7 Å². The Kier molecular flexibility index (Phi) is 6.23. The van der Waals surface area contributed by atoms with Gasteiger partial charge < -0.3 is 15.2 Å². The fraction of sp³-hybridized carbons (Fsp3) is 0.562. The maximum absolute atomic E-state index is 13.3. The van der Waals surface area contributed by atoms with Gasteiger partial charge in [-0.3, -0.25) is 0 Å². The molecule has 10 heteroatoms. The molecule has 0 saturated heterocycles.